The van der Waals surface area contributed by atoms with Crippen molar-refractivity contribution in [3.8, 4) is 0 Å². The van der Waals surface area contributed by atoms with Crippen LogP contribution in [0.4, 0.5) is 13.2 Å². The summed E-state index contributed by atoms with van der Waals surface area (Å²) in [7, 11) is 0. The third-order valence-electron chi connectivity index (χ3n) is 4.15. The number of rotatable bonds is 7. The van der Waals surface area contributed by atoms with E-state index in [2.05, 4.69) is 20.9 Å². The summed E-state index contributed by atoms with van der Waals surface area (Å²) in [6, 6.07) is 6.66. The predicted molar refractivity (Wildman–Crippen MR) is 104 cm³/mol. The number of hydrogen-bond acceptors (Lipinski definition) is 3. The molecule has 1 atom stereocenters. The summed E-state index contributed by atoms with van der Waals surface area (Å²) in [5, 5.41) is 9.35. The lowest BCUT2D eigenvalue weighted by Crippen LogP contribution is -2.45. The molecule has 0 saturated carbocycles. The average Bonchev–Trinajstić information content (AvgIpc) is 3.04. The van der Waals surface area contributed by atoms with Crippen LogP contribution in [-0.4, -0.2) is 68.3 Å². The quantitative estimate of drug-likeness (QED) is 0.360. The first kappa shape index (κ1) is 22.3. The van der Waals surface area contributed by atoms with Gasteiger partial charge in [0.25, 0.3) is 5.91 Å². The zero-order chi connectivity index (χ0) is 20.6. The van der Waals surface area contributed by atoms with Crippen molar-refractivity contribution in [2.75, 3.05) is 39.3 Å². The van der Waals surface area contributed by atoms with Crippen LogP contribution in [-0.2, 0) is 0 Å². The first-order chi connectivity index (χ1) is 13.3. The molecule has 1 saturated heterocycles. The van der Waals surface area contributed by atoms with Crippen molar-refractivity contribution in [1.29, 1.82) is 0 Å². The molecule has 3 N–H and O–H groups in total. The third-order valence-corrected chi connectivity index (χ3v) is 4.48. The summed E-state index contributed by atoms with van der Waals surface area (Å²) in [4.78, 5) is 17.8. The number of carbonyl (C=O) groups is 1. The number of nitrogens with zero attached hydrogens (tertiary/aromatic N) is 2. The van der Waals surface area contributed by atoms with E-state index in [9.17, 15) is 18.0 Å². The number of hydrogen-bond donors (Lipinski definition) is 3. The van der Waals surface area contributed by atoms with Crippen LogP contribution in [0.3, 0.4) is 0 Å². The minimum absolute atomic E-state index is 0.0992. The third kappa shape index (κ3) is 7.55. The van der Waals surface area contributed by atoms with Gasteiger partial charge >= 0.3 is 6.18 Å². The Morgan fingerprint density at radius 2 is 2.07 bits per heavy atom. The van der Waals surface area contributed by atoms with E-state index in [4.69, 9.17) is 11.6 Å². The summed E-state index contributed by atoms with van der Waals surface area (Å²) in [6.45, 7) is 2.97. The molecule has 0 aliphatic carbocycles. The molecule has 2 rings (SSSR count). The van der Waals surface area contributed by atoms with Crippen LogP contribution < -0.4 is 16.0 Å². The summed E-state index contributed by atoms with van der Waals surface area (Å²) < 4.78 is 37.5. The molecule has 1 heterocycles. The molecule has 1 fully saturated rings. The van der Waals surface area contributed by atoms with E-state index >= 15 is 0 Å². The highest BCUT2D eigenvalue weighted by atomic mass is 35.5. The summed E-state index contributed by atoms with van der Waals surface area (Å²) in [5.74, 6) is 0.241. The van der Waals surface area contributed by atoms with Gasteiger partial charge in [0.05, 0.1) is 23.7 Å². The number of halogens is 4. The lowest BCUT2D eigenvalue weighted by Gasteiger charge is -2.19. The molecule has 28 heavy (non-hydrogen) atoms. The minimum Gasteiger partial charge on any atom is -0.357 e. The molecule has 1 aliphatic rings. The zero-order valence-electron chi connectivity index (χ0n) is 15.7. The minimum atomic E-state index is -4.19. The highest BCUT2D eigenvalue weighted by Crippen LogP contribution is 2.20. The van der Waals surface area contributed by atoms with Crippen LogP contribution in [0, 0.1) is 0 Å². The van der Waals surface area contributed by atoms with Crippen molar-refractivity contribution in [2.24, 2.45) is 4.99 Å². The maximum absolute atomic E-state index is 12.5. The summed E-state index contributed by atoms with van der Waals surface area (Å²) in [5.41, 5.74) is 0.397. The van der Waals surface area contributed by atoms with Gasteiger partial charge in [0.15, 0.2) is 5.96 Å². The number of aliphatic imine (C=N–C) groups is 1. The number of likely N-dealkylation sites (tertiary alicyclic amines) is 1. The average molecular weight is 420 g/mol. The van der Waals surface area contributed by atoms with Gasteiger partial charge in [-0.1, -0.05) is 23.7 Å². The Morgan fingerprint density at radius 1 is 1.32 bits per heavy atom. The van der Waals surface area contributed by atoms with E-state index in [0.717, 1.165) is 0 Å². The largest absolute Gasteiger partial charge is 0.401 e. The van der Waals surface area contributed by atoms with Crippen molar-refractivity contribution in [2.45, 2.75) is 25.6 Å². The van der Waals surface area contributed by atoms with E-state index in [1.807, 2.05) is 6.92 Å². The van der Waals surface area contributed by atoms with Gasteiger partial charge in [-0.05, 0) is 25.5 Å². The Kier molecular flexibility index (Phi) is 8.37. The number of guanidine groups is 1. The second-order valence-electron chi connectivity index (χ2n) is 6.48. The molecule has 1 unspecified atom stereocenters. The van der Waals surface area contributed by atoms with Gasteiger partial charge in [0, 0.05) is 32.2 Å². The van der Waals surface area contributed by atoms with Crippen LogP contribution in [0.25, 0.3) is 0 Å². The highest BCUT2D eigenvalue weighted by Gasteiger charge is 2.34. The van der Waals surface area contributed by atoms with Crippen molar-refractivity contribution < 1.29 is 18.0 Å². The van der Waals surface area contributed by atoms with Gasteiger partial charge in [0.1, 0.15) is 0 Å². The Labute approximate surface area is 167 Å². The molecule has 0 radical (unpaired) electrons. The predicted octanol–water partition coefficient (Wildman–Crippen LogP) is 2.26. The van der Waals surface area contributed by atoms with E-state index in [0.29, 0.717) is 55.7 Å². The maximum Gasteiger partial charge on any atom is 0.401 e. The van der Waals surface area contributed by atoms with E-state index in [1.165, 1.54) is 4.90 Å². The molecule has 6 nitrogen and oxygen atoms in total. The molecule has 1 aromatic rings. The van der Waals surface area contributed by atoms with E-state index in [1.54, 1.807) is 24.3 Å². The first-order valence-corrected chi connectivity index (χ1v) is 9.53. The van der Waals surface area contributed by atoms with Crippen molar-refractivity contribution in [3.05, 3.63) is 34.9 Å². The van der Waals surface area contributed by atoms with Crippen molar-refractivity contribution >= 4 is 23.5 Å². The summed E-state index contributed by atoms with van der Waals surface area (Å²) >= 11 is 5.99. The van der Waals surface area contributed by atoms with Gasteiger partial charge in [0.2, 0.25) is 0 Å². The summed E-state index contributed by atoms with van der Waals surface area (Å²) in [6.07, 6.45) is -3.57. The Bertz CT molecular complexity index is 683. The molecular weight excluding hydrogens is 395 g/mol. The van der Waals surface area contributed by atoms with Crippen LogP contribution in [0.5, 0.6) is 0 Å². The van der Waals surface area contributed by atoms with Crippen LogP contribution in [0.2, 0.25) is 5.02 Å². The number of carbonyl (C=O) groups excluding carboxylic acids is 1. The van der Waals surface area contributed by atoms with Crippen LogP contribution in [0.1, 0.15) is 23.7 Å². The fourth-order valence-electron chi connectivity index (χ4n) is 2.94. The van der Waals surface area contributed by atoms with Crippen LogP contribution >= 0.6 is 11.6 Å². The molecule has 0 spiro atoms. The van der Waals surface area contributed by atoms with Crippen molar-refractivity contribution in [3.63, 3.8) is 0 Å². The monoisotopic (exact) mass is 419 g/mol. The maximum atomic E-state index is 12.5. The lowest BCUT2D eigenvalue weighted by atomic mass is 10.2. The van der Waals surface area contributed by atoms with Gasteiger partial charge in [-0.15, -0.1) is 0 Å². The van der Waals surface area contributed by atoms with E-state index < -0.39 is 12.7 Å². The standard InChI is InChI=1S/C18H25ClF3N5O/c1-2-23-17(26-13-7-10-27(11-13)12-18(20,21)22)25-9-8-24-16(28)14-5-3-4-6-15(14)19/h3-6,13H,2,7-12H2,1H3,(H,24,28)(H2,23,25,26). The van der Waals surface area contributed by atoms with Gasteiger partial charge in [-0.3, -0.25) is 14.7 Å². The fraction of sp³-hybridized carbons (Fsp3) is 0.556. The molecule has 1 aliphatic heterocycles. The Morgan fingerprint density at radius 3 is 2.75 bits per heavy atom. The molecular formula is C18H25ClF3N5O. The lowest BCUT2D eigenvalue weighted by molar-refractivity contribution is -0.143. The SMILES string of the molecule is CCNC(=NCCNC(=O)c1ccccc1Cl)NC1CCN(CC(F)(F)F)C1. The fourth-order valence-corrected chi connectivity index (χ4v) is 3.16. The van der Waals surface area contributed by atoms with Gasteiger partial charge < -0.3 is 16.0 Å². The Balaban J connectivity index is 1.79. The second-order valence-corrected chi connectivity index (χ2v) is 6.88. The topological polar surface area (TPSA) is 68.8 Å². The molecule has 0 aromatic heterocycles. The molecule has 1 aromatic carbocycles. The molecule has 156 valence electrons. The number of amides is 1. The molecule has 1 amide bonds. The normalized spacial score (nSPS) is 18.2. The van der Waals surface area contributed by atoms with Crippen LogP contribution in [0.15, 0.2) is 29.3 Å². The number of alkyl halides is 3. The number of nitrogens with one attached hydrogen (secondary N) is 3. The zero-order valence-corrected chi connectivity index (χ0v) is 16.4. The van der Waals surface area contributed by atoms with Gasteiger partial charge in [-0.25, -0.2) is 0 Å². The molecule has 10 heteroatoms. The van der Waals surface area contributed by atoms with Gasteiger partial charge in [-0.2, -0.15) is 13.2 Å². The molecule has 0 bridgehead atoms. The second kappa shape index (κ2) is 10.5. The van der Waals surface area contributed by atoms with Crippen molar-refractivity contribution in [1.82, 2.24) is 20.9 Å². The smallest absolute Gasteiger partial charge is 0.357 e. The first-order valence-electron chi connectivity index (χ1n) is 9.15. The number of benzene rings is 1. The Hall–Kier alpha value is -2.00. The highest BCUT2D eigenvalue weighted by molar-refractivity contribution is 6.33. The van der Waals surface area contributed by atoms with E-state index in [-0.39, 0.29) is 11.9 Å².